The van der Waals surface area contributed by atoms with Gasteiger partial charge in [0.15, 0.2) is 17.8 Å². The first-order chi connectivity index (χ1) is 13.4. The van der Waals surface area contributed by atoms with E-state index in [0.717, 1.165) is 5.56 Å². The molecule has 0 atom stereocenters. The summed E-state index contributed by atoms with van der Waals surface area (Å²) in [7, 11) is -1.01. The van der Waals surface area contributed by atoms with Crippen LogP contribution >= 0.6 is 0 Å². The van der Waals surface area contributed by atoms with Crippen molar-refractivity contribution in [1.82, 2.24) is 4.31 Å². The molecule has 0 aliphatic carbocycles. The van der Waals surface area contributed by atoms with Gasteiger partial charge in [0.05, 0.1) is 11.4 Å². The standard InChI is InChI=1S/C19H23NO7S/c1-13-4-7-15(8-5-13)28(22,23)20(11-17(24-2)25-3)10-14-6-9-16-19(18(14)21)27-12-26-16/h4-9,17,21H,10-12H2,1-3H3. The molecule has 0 spiro atoms. The molecule has 0 aromatic heterocycles. The van der Waals surface area contributed by atoms with E-state index in [4.69, 9.17) is 18.9 Å². The molecule has 28 heavy (non-hydrogen) atoms. The molecule has 1 N–H and O–H groups in total. The van der Waals surface area contributed by atoms with Gasteiger partial charge in [0.25, 0.3) is 0 Å². The summed E-state index contributed by atoms with van der Waals surface area (Å²) in [6.45, 7) is 1.73. The van der Waals surface area contributed by atoms with Gasteiger partial charge in [-0.25, -0.2) is 8.42 Å². The zero-order valence-electron chi connectivity index (χ0n) is 15.9. The monoisotopic (exact) mass is 409 g/mol. The molecule has 3 rings (SSSR count). The fraction of sp³-hybridized carbons (Fsp3) is 0.368. The second-order valence-corrected chi connectivity index (χ2v) is 8.26. The van der Waals surface area contributed by atoms with E-state index in [1.54, 1.807) is 36.4 Å². The molecule has 9 heteroatoms. The third-order valence-electron chi connectivity index (χ3n) is 4.48. The number of methoxy groups -OCH3 is 2. The third-order valence-corrected chi connectivity index (χ3v) is 6.31. The van der Waals surface area contributed by atoms with E-state index < -0.39 is 16.3 Å². The van der Waals surface area contributed by atoms with Crippen molar-refractivity contribution in [2.75, 3.05) is 27.6 Å². The number of ether oxygens (including phenoxy) is 4. The summed E-state index contributed by atoms with van der Waals surface area (Å²) in [5, 5.41) is 10.5. The first-order valence-electron chi connectivity index (χ1n) is 8.59. The Bertz CT molecular complexity index is 924. The average molecular weight is 409 g/mol. The second-order valence-electron chi connectivity index (χ2n) is 6.32. The summed E-state index contributed by atoms with van der Waals surface area (Å²) in [5.41, 5.74) is 1.33. The summed E-state index contributed by atoms with van der Waals surface area (Å²) in [6.07, 6.45) is -0.767. The lowest BCUT2D eigenvalue weighted by molar-refractivity contribution is -0.108. The Labute approximate surface area is 164 Å². The van der Waals surface area contributed by atoms with Gasteiger partial charge in [-0.05, 0) is 25.1 Å². The maximum absolute atomic E-state index is 13.2. The lowest BCUT2D eigenvalue weighted by Crippen LogP contribution is -2.38. The van der Waals surface area contributed by atoms with Gasteiger partial charge >= 0.3 is 0 Å². The normalized spacial score (nSPS) is 13.5. The lowest BCUT2D eigenvalue weighted by Gasteiger charge is -2.26. The molecule has 0 saturated carbocycles. The molecule has 0 fully saturated rings. The number of phenolic OH excluding ortho intramolecular Hbond substituents is 1. The van der Waals surface area contributed by atoms with Crippen molar-refractivity contribution in [1.29, 1.82) is 0 Å². The van der Waals surface area contributed by atoms with Crippen molar-refractivity contribution < 1.29 is 32.5 Å². The van der Waals surface area contributed by atoms with Gasteiger partial charge in [-0.2, -0.15) is 4.31 Å². The second kappa shape index (κ2) is 8.36. The van der Waals surface area contributed by atoms with Crippen LogP contribution in [0.3, 0.4) is 0 Å². The molecular formula is C19H23NO7S. The van der Waals surface area contributed by atoms with Gasteiger partial charge < -0.3 is 24.1 Å². The highest BCUT2D eigenvalue weighted by Crippen LogP contribution is 2.43. The molecule has 0 saturated heterocycles. The van der Waals surface area contributed by atoms with Gasteiger partial charge in [0, 0.05) is 26.3 Å². The summed E-state index contributed by atoms with van der Waals surface area (Å²) in [5.74, 6) is 0.478. The molecule has 0 bridgehead atoms. The Morgan fingerprint density at radius 3 is 2.43 bits per heavy atom. The van der Waals surface area contributed by atoms with Crippen molar-refractivity contribution in [3.8, 4) is 17.2 Å². The minimum Gasteiger partial charge on any atom is -0.504 e. The van der Waals surface area contributed by atoms with Crippen LogP contribution < -0.4 is 9.47 Å². The largest absolute Gasteiger partial charge is 0.504 e. The van der Waals surface area contributed by atoms with Gasteiger partial charge in [-0.3, -0.25) is 0 Å². The predicted octanol–water partition coefficient (Wildman–Crippen LogP) is 2.24. The Balaban J connectivity index is 1.96. The topological polar surface area (TPSA) is 94.5 Å². The lowest BCUT2D eigenvalue weighted by atomic mass is 10.1. The summed E-state index contributed by atoms with van der Waals surface area (Å²) >= 11 is 0. The fourth-order valence-corrected chi connectivity index (χ4v) is 4.24. The van der Waals surface area contributed by atoms with Crippen molar-refractivity contribution in [2.45, 2.75) is 24.7 Å². The minimum atomic E-state index is -3.87. The Morgan fingerprint density at radius 1 is 1.11 bits per heavy atom. The van der Waals surface area contributed by atoms with E-state index in [1.807, 2.05) is 6.92 Å². The predicted molar refractivity (Wildman–Crippen MR) is 101 cm³/mol. The molecule has 0 amide bonds. The van der Waals surface area contributed by atoms with Crippen LogP contribution in [0, 0.1) is 6.92 Å². The zero-order chi connectivity index (χ0) is 20.3. The number of fused-ring (bicyclic) bond motifs is 1. The van der Waals surface area contributed by atoms with Crippen LogP contribution in [0.4, 0.5) is 0 Å². The summed E-state index contributed by atoms with van der Waals surface area (Å²) in [6, 6.07) is 9.80. The van der Waals surface area contributed by atoms with Crippen LogP contribution in [-0.4, -0.2) is 51.7 Å². The Hall–Kier alpha value is -2.33. The highest BCUT2D eigenvalue weighted by atomic mass is 32.2. The molecule has 0 unspecified atom stereocenters. The molecule has 1 aliphatic heterocycles. The van der Waals surface area contributed by atoms with Crippen LogP contribution in [0.2, 0.25) is 0 Å². The van der Waals surface area contributed by atoms with Crippen LogP contribution in [0.5, 0.6) is 17.2 Å². The van der Waals surface area contributed by atoms with Gasteiger partial charge in [-0.15, -0.1) is 0 Å². The summed E-state index contributed by atoms with van der Waals surface area (Å²) < 4.78 is 48.6. The number of hydrogen-bond acceptors (Lipinski definition) is 7. The van der Waals surface area contributed by atoms with E-state index in [0.29, 0.717) is 11.3 Å². The van der Waals surface area contributed by atoms with Crippen molar-refractivity contribution in [3.63, 3.8) is 0 Å². The fourth-order valence-electron chi connectivity index (χ4n) is 2.83. The van der Waals surface area contributed by atoms with E-state index >= 15 is 0 Å². The van der Waals surface area contributed by atoms with Gasteiger partial charge in [0.2, 0.25) is 22.6 Å². The number of aromatic hydroxyl groups is 1. The van der Waals surface area contributed by atoms with Crippen LogP contribution in [0.25, 0.3) is 0 Å². The third kappa shape index (κ3) is 4.07. The number of rotatable bonds is 8. The van der Waals surface area contributed by atoms with E-state index in [2.05, 4.69) is 0 Å². The number of hydrogen-bond donors (Lipinski definition) is 1. The summed E-state index contributed by atoms with van der Waals surface area (Å²) in [4.78, 5) is 0.143. The molecule has 2 aromatic rings. The molecule has 1 aliphatic rings. The average Bonchev–Trinajstić information content (AvgIpc) is 3.16. The van der Waals surface area contributed by atoms with E-state index in [1.165, 1.54) is 18.5 Å². The first-order valence-corrected chi connectivity index (χ1v) is 10.0. The van der Waals surface area contributed by atoms with Crippen molar-refractivity contribution >= 4 is 10.0 Å². The highest BCUT2D eigenvalue weighted by Gasteiger charge is 2.30. The van der Waals surface area contributed by atoms with Crippen LogP contribution in [0.15, 0.2) is 41.3 Å². The maximum atomic E-state index is 13.2. The molecule has 152 valence electrons. The quantitative estimate of drug-likeness (QED) is 0.668. The Kier molecular flexibility index (Phi) is 6.09. The minimum absolute atomic E-state index is 0.00709. The maximum Gasteiger partial charge on any atom is 0.243 e. The SMILES string of the molecule is COC(CN(Cc1ccc2c(c1O)OCO2)S(=O)(=O)c1ccc(C)cc1)OC. The molecule has 1 heterocycles. The molecular weight excluding hydrogens is 386 g/mol. The molecule has 0 radical (unpaired) electrons. The molecule has 2 aromatic carbocycles. The highest BCUT2D eigenvalue weighted by molar-refractivity contribution is 7.89. The zero-order valence-corrected chi connectivity index (χ0v) is 16.7. The number of sulfonamides is 1. The van der Waals surface area contributed by atoms with E-state index in [9.17, 15) is 13.5 Å². The van der Waals surface area contributed by atoms with Crippen LogP contribution in [-0.2, 0) is 26.0 Å². The van der Waals surface area contributed by atoms with Gasteiger partial charge in [0.1, 0.15) is 0 Å². The molecule has 8 nitrogen and oxygen atoms in total. The van der Waals surface area contributed by atoms with Crippen molar-refractivity contribution in [2.24, 2.45) is 0 Å². The van der Waals surface area contributed by atoms with E-state index in [-0.39, 0.29) is 36.3 Å². The van der Waals surface area contributed by atoms with Crippen molar-refractivity contribution in [3.05, 3.63) is 47.5 Å². The smallest absolute Gasteiger partial charge is 0.243 e. The number of aryl methyl sites for hydroxylation is 1. The number of nitrogens with zero attached hydrogens (tertiary/aromatic N) is 1. The van der Waals surface area contributed by atoms with Crippen LogP contribution in [0.1, 0.15) is 11.1 Å². The first kappa shape index (κ1) is 20.4. The Morgan fingerprint density at radius 2 is 1.79 bits per heavy atom. The number of phenols is 1. The number of benzene rings is 2. The van der Waals surface area contributed by atoms with Gasteiger partial charge in [-0.1, -0.05) is 23.8 Å².